The van der Waals surface area contributed by atoms with Gasteiger partial charge in [0.05, 0.1) is 11.5 Å². The van der Waals surface area contributed by atoms with E-state index in [0.717, 1.165) is 12.8 Å². The van der Waals surface area contributed by atoms with Gasteiger partial charge in [0.25, 0.3) is 0 Å². The highest BCUT2D eigenvalue weighted by Crippen LogP contribution is 2.31. The first-order valence-electron chi connectivity index (χ1n) is 5.92. The molecule has 0 spiro atoms. The van der Waals surface area contributed by atoms with E-state index in [1.54, 1.807) is 31.4 Å². The summed E-state index contributed by atoms with van der Waals surface area (Å²) in [4.78, 5) is 0.291. The first-order chi connectivity index (χ1) is 8.55. The highest BCUT2D eigenvalue weighted by Gasteiger charge is 2.37. The van der Waals surface area contributed by atoms with E-state index in [1.807, 2.05) is 0 Å². The highest BCUT2D eigenvalue weighted by molar-refractivity contribution is 7.89. The third-order valence-electron chi connectivity index (χ3n) is 2.96. The summed E-state index contributed by atoms with van der Waals surface area (Å²) in [7, 11) is -1.86. The van der Waals surface area contributed by atoms with E-state index in [2.05, 4.69) is 0 Å². The number of sulfonamides is 1. The molecule has 0 atom stereocenters. The lowest BCUT2D eigenvalue weighted by molar-refractivity contribution is 0.177. The second kappa shape index (κ2) is 5.26. The molecule has 0 saturated heterocycles. The van der Waals surface area contributed by atoms with Gasteiger partial charge in [0.2, 0.25) is 10.0 Å². The molecule has 0 bridgehead atoms. The maximum atomic E-state index is 12.5. The predicted octanol–water partition coefficient (Wildman–Crippen LogP) is 1.07. The van der Waals surface area contributed by atoms with Crippen molar-refractivity contribution in [3.8, 4) is 0 Å². The van der Waals surface area contributed by atoms with Crippen molar-refractivity contribution in [3.05, 3.63) is 24.3 Å². The fourth-order valence-electron chi connectivity index (χ4n) is 1.82. The molecule has 5 nitrogen and oxygen atoms in total. The summed E-state index contributed by atoms with van der Waals surface area (Å²) < 4.78 is 31.4. The minimum Gasteiger partial charge on any atom is -0.399 e. The number of benzene rings is 1. The lowest BCUT2D eigenvalue weighted by Gasteiger charge is -2.21. The Hall–Kier alpha value is -1.11. The maximum Gasteiger partial charge on any atom is 0.243 e. The van der Waals surface area contributed by atoms with E-state index in [-0.39, 0.29) is 6.04 Å². The molecule has 0 aromatic heterocycles. The Morgan fingerprint density at radius 1 is 1.33 bits per heavy atom. The lowest BCUT2D eigenvalue weighted by Crippen LogP contribution is -2.35. The van der Waals surface area contributed by atoms with Gasteiger partial charge in [-0.05, 0) is 37.1 Å². The van der Waals surface area contributed by atoms with Gasteiger partial charge in [-0.25, -0.2) is 8.42 Å². The van der Waals surface area contributed by atoms with Crippen LogP contribution in [0.2, 0.25) is 0 Å². The molecule has 1 aliphatic carbocycles. The number of methoxy groups -OCH3 is 1. The summed E-state index contributed by atoms with van der Waals surface area (Å²) in [5.41, 5.74) is 6.13. The Kier molecular flexibility index (Phi) is 3.89. The molecule has 6 heteroatoms. The second-order valence-electron chi connectivity index (χ2n) is 4.41. The first kappa shape index (κ1) is 13.3. The molecule has 1 aromatic carbocycles. The normalized spacial score (nSPS) is 16.1. The molecule has 1 fully saturated rings. The molecule has 0 radical (unpaired) electrons. The van der Waals surface area contributed by atoms with Crippen LogP contribution in [0.3, 0.4) is 0 Å². The van der Waals surface area contributed by atoms with Crippen LogP contribution in [0.4, 0.5) is 5.69 Å². The van der Waals surface area contributed by atoms with E-state index in [0.29, 0.717) is 23.7 Å². The number of anilines is 1. The predicted molar refractivity (Wildman–Crippen MR) is 69.6 cm³/mol. The fraction of sp³-hybridized carbons (Fsp3) is 0.500. The van der Waals surface area contributed by atoms with Crippen LogP contribution in [0.15, 0.2) is 29.2 Å². The van der Waals surface area contributed by atoms with Gasteiger partial charge in [0.1, 0.15) is 0 Å². The van der Waals surface area contributed by atoms with Gasteiger partial charge in [0, 0.05) is 25.4 Å². The van der Waals surface area contributed by atoms with Gasteiger partial charge in [-0.3, -0.25) is 0 Å². The average molecular weight is 270 g/mol. The summed E-state index contributed by atoms with van der Waals surface area (Å²) in [6.45, 7) is 0.804. The number of hydrogen-bond donors (Lipinski definition) is 1. The van der Waals surface area contributed by atoms with Gasteiger partial charge in [-0.2, -0.15) is 4.31 Å². The largest absolute Gasteiger partial charge is 0.399 e. The lowest BCUT2D eigenvalue weighted by atomic mass is 10.3. The fourth-order valence-corrected chi connectivity index (χ4v) is 3.49. The third-order valence-corrected chi connectivity index (χ3v) is 4.92. The Labute approximate surface area is 108 Å². The van der Waals surface area contributed by atoms with Gasteiger partial charge in [-0.1, -0.05) is 0 Å². The molecule has 0 aliphatic heterocycles. The Morgan fingerprint density at radius 2 is 1.94 bits per heavy atom. The topological polar surface area (TPSA) is 72.6 Å². The zero-order valence-electron chi connectivity index (χ0n) is 10.4. The summed E-state index contributed by atoms with van der Waals surface area (Å²) >= 11 is 0. The monoisotopic (exact) mass is 270 g/mol. The van der Waals surface area contributed by atoms with Crippen LogP contribution < -0.4 is 5.73 Å². The molecule has 0 unspecified atom stereocenters. The standard InChI is InChI=1S/C12H18N2O3S/c1-17-9-8-14(11-4-5-11)18(15,16)12-6-2-10(13)3-7-12/h2-3,6-7,11H,4-5,8-9,13H2,1H3. The Balaban J connectivity index is 2.24. The SMILES string of the molecule is COCCN(C1CC1)S(=O)(=O)c1ccc(N)cc1. The molecule has 100 valence electrons. The van der Waals surface area contributed by atoms with Crippen LogP contribution in [0.5, 0.6) is 0 Å². The van der Waals surface area contributed by atoms with Crippen molar-refractivity contribution >= 4 is 15.7 Å². The summed E-state index contributed by atoms with van der Waals surface area (Å²) in [5.74, 6) is 0. The van der Waals surface area contributed by atoms with E-state index >= 15 is 0 Å². The van der Waals surface area contributed by atoms with E-state index in [4.69, 9.17) is 10.5 Å². The van der Waals surface area contributed by atoms with Gasteiger partial charge < -0.3 is 10.5 Å². The van der Waals surface area contributed by atoms with Crippen LogP contribution in [-0.2, 0) is 14.8 Å². The van der Waals surface area contributed by atoms with Crippen molar-refractivity contribution in [2.75, 3.05) is 26.0 Å². The number of hydrogen-bond acceptors (Lipinski definition) is 4. The van der Waals surface area contributed by atoms with Crippen molar-refractivity contribution in [2.45, 2.75) is 23.8 Å². The number of nitrogens with zero attached hydrogens (tertiary/aromatic N) is 1. The minimum atomic E-state index is -3.43. The molecular weight excluding hydrogens is 252 g/mol. The zero-order chi connectivity index (χ0) is 13.2. The van der Waals surface area contributed by atoms with Gasteiger partial charge in [-0.15, -0.1) is 0 Å². The summed E-state index contributed by atoms with van der Waals surface area (Å²) in [6.07, 6.45) is 1.86. The van der Waals surface area contributed by atoms with Crippen LogP contribution in [0.25, 0.3) is 0 Å². The number of nitrogen functional groups attached to an aromatic ring is 1. The minimum absolute atomic E-state index is 0.128. The number of ether oxygens (including phenoxy) is 1. The second-order valence-corrected chi connectivity index (χ2v) is 6.30. The van der Waals surface area contributed by atoms with E-state index in [1.165, 1.54) is 4.31 Å². The van der Waals surface area contributed by atoms with Crippen LogP contribution in [0, 0.1) is 0 Å². The van der Waals surface area contributed by atoms with Crippen molar-refractivity contribution in [1.82, 2.24) is 4.31 Å². The maximum absolute atomic E-state index is 12.5. The zero-order valence-corrected chi connectivity index (χ0v) is 11.2. The van der Waals surface area contributed by atoms with Gasteiger partial charge in [0.15, 0.2) is 0 Å². The third kappa shape index (κ3) is 2.82. The number of nitrogens with two attached hydrogens (primary N) is 1. The van der Waals surface area contributed by atoms with Crippen molar-refractivity contribution in [3.63, 3.8) is 0 Å². The smallest absolute Gasteiger partial charge is 0.243 e. The molecule has 0 heterocycles. The highest BCUT2D eigenvalue weighted by atomic mass is 32.2. The quantitative estimate of drug-likeness (QED) is 0.785. The summed E-state index contributed by atoms with van der Waals surface area (Å²) in [5, 5.41) is 0. The Bertz CT molecular complexity index is 495. The molecule has 1 aliphatic rings. The molecule has 0 amide bonds. The van der Waals surface area contributed by atoms with Crippen molar-refractivity contribution < 1.29 is 13.2 Å². The van der Waals surface area contributed by atoms with Crippen LogP contribution in [0.1, 0.15) is 12.8 Å². The Morgan fingerprint density at radius 3 is 2.44 bits per heavy atom. The molecule has 1 aromatic rings. The van der Waals surface area contributed by atoms with Crippen LogP contribution in [-0.4, -0.2) is 39.0 Å². The molecular formula is C12H18N2O3S. The molecule has 1 saturated carbocycles. The average Bonchev–Trinajstić information content (AvgIpc) is 3.14. The molecule has 2 rings (SSSR count). The van der Waals surface area contributed by atoms with Crippen molar-refractivity contribution in [1.29, 1.82) is 0 Å². The van der Waals surface area contributed by atoms with Gasteiger partial charge >= 0.3 is 0 Å². The molecule has 2 N–H and O–H groups in total. The number of rotatable bonds is 6. The van der Waals surface area contributed by atoms with Crippen LogP contribution >= 0.6 is 0 Å². The molecule has 18 heavy (non-hydrogen) atoms. The van der Waals surface area contributed by atoms with E-state index in [9.17, 15) is 8.42 Å². The van der Waals surface area contributed by atoms with Crippen molar-refractivity contribution in [2.24, 2.45) is 0 Å². The van der Waals surface area contributed by atoms with E-state index < -0.39 is 10.0 Å². The first-order valence-corrected chi connectivity index (χ1v) is 7.36. The summed E-state index contributed by atoms with van der Waals surface area (Å²) in [6, 6.07) is 6.44.